The van der Waals surface area contributed by atoms with E-state index >= 15 is 0 Å². The lowest BCUT2D eigenvalue weighted by molar-refractivity contribution is -0.117. The van der Waals surface area contributed by atoms with Gasteiger partial charge in [0.05, 0.1) is 20.8 Å². The molecule has 3 rings (SSSR count). The maximum Gasteiger partial charge on any atom is 0.238 e. The number of benzene rings is 2. The zero-order valence-corrected chi connectivity index (χ0v) is 15.6. The summed E-state index contributed by atoms with van der Waals surface area (Å²) in [5, 5.41) is 2.98. The predicted octanol–water partition coefficient (Wildman–Crippen LogP) is 3.79. The zero-order chi connectivity index (χ0) is 18.5. The molecule has 1 aliphatic heterocycles. The number of aryl methyl sites for hydroxylation is 1. The number of rotatable bonds is 6. The van der Waals surface area contributed by atoms with Gasteiger partial charge < -0.3 is 14.8 Å². The van der Waals surface area contributed by atoms with Crippen LogP contribution in [0.2, 0.25) is 0 Å². The summed E-state index contributed by atoms with van der Waals surface area (Å²) < 4.78 is 10.8. The van der Waals surface area contributed by atoms with E-state index in [0.717, 1.165) is 42.1 Å². The van der Waals surface area contributed by atoms with E-state index in [0.29, 0.717) is 6.54 Å². The first kappa shape index (κ1) is 18.3. The fraction of sp³-hybridized carbons (Fsp3) is 0.381. The third-order valence-electron chi connectivity index (χ3n) is 4.85. The van der Waals surface area contributed by atoms with Gasteiger partial charge in [0, 0.05) is 23.4 Å². The molecule has 1 amide bonds. The van der Waals surface area contributed by atoms with Crippen LogP contribution in [0.3, 0.4) is 0 Å². The van der Waals surface area contributed by atoms with E-state index in [9.17, 15) is 4.79 Å². The Hall–Kier alpha value is -2.53. The SMILES string of the molecule is COc1ccc(C2CCCN2CC(=O)Nc2ccc(C)cc2)c(OC)c1. The first-order valence-corrected chi connectivity index (χ1v) is 8.93. The molecule has 0 aromatic heterocycles. The molecule has 1 heterocycles. The minimum atomic E-state index is 0.00762. The van der Waals surface area contributed by atoms with E-state index in [-0.39, 0.29) is 11.9 Å². The Morgan fingerprint density at radius 1 is 1.15 bits per heavy atom. The monoisotopic (exact) mass is 354 g/mol. The minimum absolute atomic E-state index is 0.00762. The lowest BCUT2D eigenvalue weighted by atomic mass is 10.0. The van der Waals surface area contributed by atoms with Gasteiger partial charge in [-0.25, -0.2) is 0 Å². The van der Waals surface area contributed by atoms with E-state index in [1.54, 1.807) is 14.2 Å². The number of ether oxygens (including phenoxy) is 2. The zero-order valence-electron chi connectivity index (χ0n) is 15.6. The first-order chi connectivity index (χ1) is 12.6. The van der Waals surface area contributed by atoms with Gasteiger partial charge in [0.1, 0.15) is 11.5 Å². The van der Waals surface area contributed by atoms with Crippen LogP contribution in [0.4, 0.5) is 5.69 Å². The third kappa shape index (κ3) is 4.17. The van der Waals surface area contributed by atoms with Crippen molar-refractivity contribution in [2.24, 2.45) is 0 Å². The molecular formula is C21H26N2O3. The summed E-state index contributed by atoms with van der Waals surface area (Å²) in [4.78, 5) is 14.7. The topological polar surface area (TPSA) is 50.8 Å². The van der Waals surface area contributed by atoms with Gasteiger partial charge in [-0.3, -0.25) is 9.69 Å². The Morgan fingerprint density at radius 3 is 2.62 bits per heavy atom. The van der Waals surface area contributed by atoms with Crippen molar-refractivity contribution in [1.82, 2.24) is 4.90 Å². The molecule has 1 aliphatic rings. The van der Waals surface area contributed by atoms with E-state index in [2.05, 4.69) is 10.2 Å². The summed E-state index contributed by atoms with van der Waals surface area (Å²) in [5.41, 5.74) is 3.11. The minimum Gasteiger partial charge on any atom is -0.497 e. The number of nitrogens with zero attached hydrogens (tertiary/aromatic N) is 1. The predicted molar refractivity (Wildman–Crippen MR) is 103 cm³/mol. The summed E-state index contributed by atoms with van der Waals surface area (Å²) in [6, 6.07) is 13.9. The maximum atomic E-state index is 12.5. The van der Waals surface area contributed by atoms with Crippen LogP contribution in [-0.4, -0.2) is 38.1 Å². The molecule has 0 bridgehead atoms. The fourth-order valence-electron chi connectivity index (χ4n) is 3.48. The number of anilines is 1. The molecule has 26 heavy (non-hydrogen) atoms. The normalized spacial score (nSPS) is 17.1. The highest BCUT2D eigenvalue weighted by atomic mass is 16.5. The average molecular weight is 354 g/mol. The number of hydrogen-bond donors (Lipinski definition) is 1. The first-order valence-electron chi connectivity index (χ1n) is 8.93. The Kier molecular flexibility index (Phi) is 5.78. The van der Waals surface area contributed by atoms with Crippen LogP contribution in [0, 0.1) is 6.92 Å². The molecule has 0 saturated carbocycles. The molecule has 138 valence electrons. The van der Waals surface area contributed by atoms with Crippen LogP contribution in [0.25, 0.3) is 0 Å². The maximum absolute atomic E-state index is 12.5. The van der Waals surface area contributed by atoms with Crippen LogP contribution < -0.4 is 14.8 Å². The Morgan fingerprint density at radius 2 is 1.92 bits per heavy atom. The van der Waals surface area contributed by atoms with E-state index < -0.39 is 0 Å². The number of nitrogens with one attached hydrogen (secondary N) is 1. The van der Waals surface area contributed by atoms with E-state index in [4.69, 9.17) is 9.47 Å². The second-order valence-corrected chi connectivity index (χ2v) is 6.65. The number of amides is 1. The molecule has 0 aliphatic carbocycles. The van der Waals surface area contributed by atoms with Crippen LogP contribution in [0.5, 0.6) is 11.5 Å². The van der Waals surface area contributed by atoms with Crippen molar-refractivity contribution in [2.45, 2.75) is 25.8 Å². The summed E-state index contributed by atoms with van der Waals surface area (Å²) in [6.07, 6.45) is 2.08. The van der Waals surface area contributed by atoms with Gasteiger partial charge >= 0.3 is 0 Å². The smallest absolute Gasteiger partial charge is 0.238 e. The second-order valence-electron chi connectivity index (χ2n) is 6.65. The van der Waals surface area contributed by atoms with E-state index in [1.165, 1.54) is 5.56 Å². The molecule has 2 aromatic rings. The van der Waals surface area contributed by atoms with Crippen LogP contribution in [0.1, 0.15) is 30.0 Å². The molecule has 0 spiro atoms. The van der Waals surface area contributed by atoms with Gasteiger partial charge in [-0.2, -0.15) is 0 Å². The highest BCUT2D eigenvalue weighted by Gasteiger charge is 2.29. The van der Waals surface area contributed by atoms with Gasteiger partial charge in [0.15, 0.2) is 0 Å². The van der Waals surface area contributed by atoms with Crippen molar-refractivity contribution < 1.29 is 14.3 Å². The molecule has 2 aromatic carbocycles. The van der Waals surface area contributed by atoms with Gasteiger partial charge in [-0.15, -0.1) is 0 Å². The van der Waals surface area contributed by atoms with Crippen LogP contribution in [-0.2, 0) is 4.79 Å². The number of carbonyl (C=O) groups is 1. The average Bonchev–Trinajstić information content (AvgIpc) is 3.10. The number of methoxy groups -OCH3 is 2. The van der Waals surface area contributed by atoms with Crippen molar-refractivity contribution >= 4 is 11.6 Å². The molecule has 1 fully saturated rings. The number of hydrogen-bond acceptors (Lipinski definition) is 4. The summed E-state index contributed by atoms with van der Waals surface area (Å²) in [5.74, 6) is 1.58. The standard InChI is InChI=1S/C21H26N2O3/c1-15-6-8-16(9-7-15)22-21(24)14-23-12-4-5-19(23)18-11-10-17(25-2)13-20(18)26-3/h6-11,13,19H,4-5,12,14H2,1-3H3,(H,22,24). The van der Waals surface area contributed by atoms with Crippen LogP contribution in [0.15, 0.2) is 42.5 Å². The Balaban J connectivity index is 1.70. The number of carbonyl (C=O) groups excluding carboxylic acids is 1. The second kappa shape index (κ2) is 8.23. The van der Waals surface area contributed by atoms with Crippen molar-refractivity contribution in [3.8, 4) is 11.5 Å². The Labute approximate surface area is 154 Å². The lowest BCUT2D eigenvalue weighted by Crippen LogP contribution is -2.33. The third-order valence-corrected chi connectivity index (χ3v) is 4.85. The largest absolute Gasteiger partial charge is 0.497 e. The lowest BCUT2D eigenvalue weighted by Gasteiger charge is -2.26. The quantitative estimate of drug-likeness (QED) is 0.857. The van der Waals surface area contributed by atoms with Crippen LogP contribution >= 0.6 is 0 Å². The van der Waals surface area contributed by atoms with Crippen molar-refractivity contribution in [1.29, 1.82) is 0 Å². The molecule has 1 N–H and O–H groups in total. The highest BCUT2D eigenvalue weighted by Crippen LogP contribution is 2.38. The molecule has 1 saturated heterocycles. The van der Waals surface area contributed by atoms with Crippen molar-refractivity contribution in [2.75, 3.05) is 32.6 Å². The summed E-state index contributed by atoms with van der Waals surface area (Å²) in [6.45, 7) is 3.30. The van der Waals surface area contributed by atoms with Crippen molar-refractivity contribution in [3.05, 3.63) is 53.6 Å². The number of likely N-dealkylation sites (tertiary alicyclic amines) is 1. The van der Waals surface area contributed by atoms with Gasteiger partial charge in [0.25, 0.3) is 0 Å². The highest BCUT2D eigenvalue weighted by molar-refractivity contribution is 5.92. The molecule has 1 unspecified atom stereocenters. The van der Waals surface area contributed by atoms with E-state index in [1.807, 2.05) is 49.4 Å². The molecular weight excluding hydrogens is 328 g/mol. The van der Waals surface area contributed by atoms with Gasteiger partial charge in [0.2, 0.25) is 5.91 Å². The van der Waals surface area contributed by atoms with Crippen molar-refractivity contribution in [3.63, 3.8) is 0 Å². The van der Waals surface area contributed by atoms with Gasteiger partial charge in [-0.05, 0) is 44.5 Å². The Bertz CT molecular complexity index is 758. The molecule has 5 heteroatoms. The van der Waals surface area contributed by atoms with Gasteiger partial charge in [-0.1, -0.05) is 23.8 Å². The molecule has 5 nitrogen and oxygen atoms in total. The molecule has 1 atom stereocenters. The summed E-state index contributed by atoms with van der Waals surface area (Å²) >= 11 is 0. The fourth-order valence-corrected chi connectivity index (χ4v) is 3.48. The molecule has 0 radical (unpaired) electrons. The summed E-state index contributed by atoms with van der Waals surface area (Å²) in [7, 11) is 3.31.